The topological polar surface area (TPSA) is 69.0 Å². The van der Waals surface area contributed by atoms with E-state index in [-0.39, 0.29) is 11.7 Å². The molecule has 0 fully saturated rings. The number of ether oxygens (including phenoxy) is 1. The first-order chi connectivity index (χ1) is 14.9. The van der Waals surface area contributed by atoms with E-state index >= 15 is 0 Å². The summed E-state index contributed by atoms with van der Waals surface area (Å²) in [5.41, 5.74) is 3.08. The summed E-state index contributed by atoms with van der Waals surface area (Å²) in [5.74, 6) is 2.03. The zero-order valence-corrected chi connectivity index (χ0v) is 20.6. The highest BCUT2D eigenvalue weighted by Gasteiger charge is 2.15. The lowest BCUT2D eigenvalue weighted by Crippen LogP contribution is -2.16. The molecule has 1 heterocycles. The Balaban J connectivity index is 1.61. The molecule has 8 heteroatoms. The van der Waals surface area contributed by atoms with Gasteiger partial charge in [0.25, 0.3) is 0 Å². The number of carbonyl (C=O) groups is 1. The smallest absolute Gasteiger partial charge is 0.234 e. The summed E-state index contributed by atoms with van der Waals surface area (Å²) in [7, 11) is 0. The van der Waals surface area contributed by atoms with Gasteiger partial charge in [-0.3, -0.25) is 4.79 Å². The van der Waals surface area contributed by atoms with Crippen molar-refractivity contribution in [3.8, 4) is 5.75 Å². The Morgan fingerprint density at radius 3 is 2.74 bits per heavy atom. The summed E-state index contributed by atoms with van der Waals surface area (Å²) in [6, 6.07) is 13.8. The van der Waals surface area contributed by atoms with Gasteiger partial charge in [-0.15, -0.1) is 10.2 Å². The number of halogens is 1. The van der Waals surface area contributed by atoms with Crippen LogP contribution in [0.3, 0.4) is 0 Å². The number of aryl methyl sites for hydroxylation is 1. The van der Waals surface area contributed by atoms with E-state index in [4.69, 9.17) is 4.74 Å². The molecule has 164 valence electrons. The summed E-state index contributed by atoms with van der Waals surface area (Å²) in [6.07, 6.45) is 0. The SMILES string of the molecule is CCn1c(COc2cccc(C)c2)nnc1SCC(=O)Nc1ccc(Br)cc1C(C)C. The van der Waals surface area contributed by atoms with Crippen LogP contribution in [0, 0.1) is 6.92 Å². The van der Waals surface area contributed by atoms with E-state index in [1.54, 1.807) is 0 Å². The van der Waals surface area contributed by atoms with E-state index in [9.17, 15) is 4.79 Å². The lowest BCUT2D eigenvalue weighted by atomic mass is 10.0. The van der Waals surface area contributed by atoms with Crippen molar-refractivity contribution in [3.05, 3.63) is 63.9 Å². The Bertz CT molecular complexity index is 1050. The van der Waals surface area contributed by atoms with Crippen LogP contribution in [-0.2, 0) is 17.9 Å². The average Bonchev–Trinajstić information content (AvgIpc) is 3.13. The minimum absolute atomic E-state index is 0.0718. The number of nitrogens with one attached hydrogen (secondary N) is 1. The molecule has 1 amide bonds. The van der Waals surface area contributed by atoms with E-state index in [1.807, 2.05) is 60.9 Å². The van der Waals surface area contributed by atoms with Crippen LogP contribution < -0.4 is 10.1 Å². The van der Waals surface area contributed by atoms with Crippen molar-refractivity contribution in [3.63, 3.8) is 0 Å². The van der Waals surface area contributed by atoms with Gasteiger partial charge in [0.2, 0.25) is 5.91 Å². The molecule has 0 spiro atoms. The third kappa shape index (κ3) is 6.33. The highest BCUT2D eigenvalue weighted by molar-refractivity contribution is 9.10. The summed E-state index contributed by atoms with van der Waals surface area (Å²) in [4.78, 5) is 12.6. The molecule has 2 aromatic carbocycles. The maximum absolute atomic E-state index is 12.6. The maximum atomic E-state index is 12.6. The number of aromatic nitrogens is 3. The van der Waals surface area contributed by atoms with Gasteiger partial charge >= 0.3 is 0 Å². The molecule has 0 aliphatic rings. The number of benzene rings is 2. The Kier molecular flexibility index (Phi) is 8.15. The van der Waals surface area contributed by atoms with Crippen molar-refractivity contribution < 1.29 is 9.53 Å². The fraction of sp³-hybridized carbons (Fsp3) is 0.348. The van der Waals surface area contributed by atoms with Gasteiger partial charge in [0.15, 0.2) is 11.0 Å². The van der Waals surface area contributed by atoms with Crippen LogP contribution in [0.25, 0.3) is 0 Å². The summed E-state index contributed by atoms with van der Waals surface area (Å²) in [6.45, 7) is 9.30. The molecule has 0 unspecified atom stereocenters. The Morgan fingerprint density at radius 1 is 1.23 bits per heavy atom. The summed E-state index contributed by atoms with van der Waals surface area (Å²) >= 11 is 4.87. The normalized spacial score (nSPS) is 11.0. The number of nitrogens with zero attached hydrogens (tertiary/aromatic N) is 3. The van der Waals surface area contributed by atoms with Gasteiger partial charge in [-0.2, -0.15) is 0 Å². The second-order valence-electron chi connectivity index (χ2n) is 7.47. The minimum atomic E-state index is -0.0718. The zero-order valence-electron chi connectivity index (χ0n) is 18.2. The molecule has 1 aromatic heterocycles. The first-order valence-electron chi connectivity index (χ1n) is 10.2. The molecular weight excluding hydrogens is 476 g/mol. The van der Waals surface area contributed by atoms with Gasteiger partial charge in [-0.1, -0.05) is 53.7 Å². The molecular formula is C23H27BrN4O2S. The first-order valence-corrected chi connectivity index (χ1v) is 12.0. The zero-order chi connectivity index (χ0) is 22.4. The molecule has 1 N–H and O–H groups in total. The van der Waals surface area contributed by atoms with Gasteiger partial charge in [0.05, 0.1) is 5.75 Å². The molecule has 0 atom stereocenters. The van der Waals surface area contributed by atoms with Crippen LogP contribution >= 0.6 is 27.7 Å². The Hall–Kier alpha value is -2.32. The van der Waals surface area contributed by atoms with Crippen molar-refractivity contribution in [2.24, 2.45) is 0 Å². The average molecular weight is 503 g/mol. The predicted octanol–water partition coefficient (Wildman–Crippen LogP) is 5.80. The molecule has 0 bridgehead atoms. The fourth-order valence-corrected chi connectivity index (χ4v) is 4.34. The molecule has 0 saturated heterocycles. The van der Waals surface area contributed by atoms with Crippen LogP contribution in [0.15, 0.2) is 52.1 Å². The van der Waals surface area contributed by atoms with Gasteiger partial charge in [0.1, 0.15) is 12.4 Å². The van der Waals surface area contributed by atoms with Crippen LogP contribution in [0.2, 0.25) is 0 Å². The van der Waals surface area contributed by atoms with E-state index in [0.717, 1.165) is 32.9 Å². The molecule has 0 saturated carbocycles. The molecule has 3 rings (SSSR count). The van der Waals surface area contributed by atoms with Crippen LogP contribution in [-0.4, -0.2) is 26.4 Å². The number of anilines is 1. The van der Waals surface area contributed by atoms with Gasteiger partial charge in [-0.25, -0.2) is 0 Å². The number of hydrogen-bond acceptors (Lipinski definition) is 5. The van der Waals surface area contributed by atoms with Crippen molar-refractivity contribution in [2.75, 3.05) is 11.1 Å². The van der Waals surface area contributed by atoms with E-state index in [0.29, 0.717) is 24.2 Å². The van der Waals surface area contributed by atoms with Crippen molar-refractivity contribution >= 4 is 39.3 Å². The monoisotopic (exact) mass is 502 g/mol. The minimum Gasteiger partial charge on any atom is -0.486 e. The van der Waals surface area contributed by atoms with Crippen LogP contribution in [0.1, 0.15) is 43.6 Å². The molecule has 31 heavy (non-hydrogen) atoms. The fourth-order valence-electron chi connectivity index (χ4n) is 3.14. The van der Waals surface area contributed by atoms with Crippen molar-refractivity contribution in [1.29, 1.82) is 0 Å². The van der Waals surface area contributed by atoms with Crippen molar-refractivity contribution in [1.82, 2.24) is 14.8 Å². The highest BCUT2D eigenvalue weighted by atomic mass is 79.9. The van der Waals surface area contributed by atoms with Gasteiger partial charge in [-0.05, 0) is 61.2 Å². The molecule has 0 aliphatic heterocycles. The second-order valence-corrected chi connectivity index (χ2v) is 9.33. The molecule has 0 radical (unpaired) electrons. The highest BCUT2D eigenvalue weighted by Crippen LogP contribution is 2.28. The summed E-state index contributed by atoms with van der Waals surface area (Å²) in [5, 5.41) is 12.3. The first kappa shape index (κ1) is 23.3. The third-order valence-electron chi connectivity index (χ3n) is 4.71. The largest absolute Gasteiger partial charge is 0.486 e. The molecule has 3 aromatic rings. The molecule has 6 nitrogen and oxygen atoms in total. The quantitative estimate of drug-likeness (QED) is 0.374. The van der Waals surface area contributed by atoms with E-state index in [2.05, 4.69) is 45.3 Å². The van der Waals surface area contributed by atoms with E-state index in [1.165, 1.54) is 11.8 Å². The van der Waals surface area contributed by atoms with Crippen LogP contribution in [0.5, 0.6) is 5.75 Å². The number of thioether (sulfide) groups is 1. The van der Waals surface area contributed by atoms with Crippen LogP contribution in [0.4, 0.5) is 5.69 Å². The number of rotatable bonds is 9. The lowest BCUT2D eigenvalue weighted by molar-refractivity contribution is -0.113. The number of hydrogen-bond donors (Lipinski definition) is 1. The lowest BCUT2D eigenvalue weighted by Gasteiger charge is -2.14. The second kappa shape index (κ2) is 10.8. The third-order valence-corrected chi connectivity index (χ3v) is 6.17. The Labute approximate surface area is 195 Å². The van der Waals surface area contributed by atoms with Crippen molar-refractivity contribution in [2.45, 2.75) is 51.9 Å². The van der Waals surface area contributed by atoms with E-state index < -0.39 is 0 Å². The predicted molar refractivity (Wildman–Crippen MR) is 129 cm³/mol. The number of carbonyl (C=O) groups excluding carboxylic acids is 1. The molecule has 0 aliphatic carbocycles. The number of amides is 1. The van der Waals surface area contributed by atoms with Gasteiger partial charge in [0, 0.05) is 16.7 Å². The summed E-state index contributed by atoms with van der Waals surface area (Å²) < 4.78 is 8.84. The Morgan fingerprint density at radius 2 is 2.03 bits per heavy atom. The standard InChI is InChI=1S/C23H27BrN4O2S/c1-5-28-21(13-30-18-8-6-7-16(4)11-18)26-27-23(28)31-14-22(29)25-20-10-9-17(24)12-19(20)15(2)3/h6-12,15H,5,13-14H2,1-4H3,(H,25,29). The van der Waals surface area contributed by atoms with Gasteiger partial charge < -0.3 is 14.6 Å². The maximum Gasteiger partial charge on any atom is 0.234 e.